The molecule has 24 atom stereocenters. The highest BCUT2D eigenvalue weighted by Gasteiger charge is 2.67. The van der Waals surface area contributed by atoms with E-state index in [1.165, 1.54) is 83.5 Å². The molecule has 602 valence electrons. The lowest BCUT2D eigenvalue weighted by atomic mass is 9.43. The Bertz CT molecular complexity index is 4040. The van der Waals surface area contributed by atoms with E-state index in [2.05, 4.69) is 72.0 Å². The minimum atomic E-state index is -0.533. The van der Waals surface area contributed by atoms with Crippen LogP contribution in [0.5, 0.6) is 0 Å². The molecule has 12 fully saturated rings. The molecular formula is C90H136BrN9O9. The number of alkyl halides is 1. The summed E-state index contributed by atoms with van der Waals surface area (Å²) in [7, 11) is 5.57. The Morgan fingerprint density at radius 3 is 1.31 bits per heavy atom. The van der Waals surface area contributed by atoms with E-state index in [9.17, 15) is 29.7 Å². The van der Waals surface area contributed by atoms with Gasteiger partial charge >= 0.3 is 0 Å². The largest absolute Gasteiger partial charge is 0.390 e. The van der Waals surface area contributed by atoms with Crippen LogP contribution in [-0.2, 0) is 41.7 Å². The molecule has 109 heavy (non-hydrogen) atoms. The van der Waals surface area contributed by atoms with Crippen molar-refractivity contribution in [2.45, 2.75) is 267 Å². The van der Waals surface area contributed by atoms with Crippen molar-refractivity contribution in [2.24, 2.45) is 121 Å². The molecule has 0 bridgehead atoms. The molecule has 12 aliphatic carbocycles. The second-order valence-corrected chi connectivity index (χ2v) is 39.0. The van der Waals surface area contributed by atoms with Crippen molar-refractivity contribution in [1.29, 1.82) is 0 Å². The second kappa shape index (κ2) is 32.4. The van der Waals surface area contributed by atoms with Crippen LogP contribution in [0, 0.1) is 121 Å². The predicted molar refractivity (Wildman–Crippen MR) is 434 cm³/mol. The normalized spacial score (nSPS) is 41.3. The van der Waals surface area contributed by atoms with Crippen molar-refractivity contribution in [3.8, 4) is 0 Å². The van der Waals surface area contributed by atoms with E-state index in [1.807, 2.05) is 88.3 Å². The third-order valence-corrected chi connectivity index (χ3v) is 33.7. The molecule has 12 saturated carbocycles. The van der Waals surface area contributed by atoms with E-state index in [1.54, 1.807) is 37.2 Å². The molecule has 6 aromatic heterocycles. The first-order valence-corrected chi connectivity index (χ1v) is 42.4. The highest BCUT2D eigenvalue weighted by Crippen LogP contribution is 2.72. The van der Waals surface area contributed by atoms with E-state index < -0.39 is 16.8 Å². The van der Waals surface area contributed by atoms with Crippen LogP contribution in [0.4, 0.5) is 0 Å². The van der Waals surface area contributed by atoms with Crippen LogP contribution < -0.4 is 0 Å². The first-order valence-electron chi connectivity index (χ1n) is 41.3. The van der Waals surface area contributed by atoms with E-state index in [-0.39, 0.29) is 72.5 Å². The Morgan fingerprint density at radius 1 is 0.468 bits per heavy atom. The molecule has 0 amide bonds. The lowest BCUT2D eigenvalue weighted by molar-refractivity contribution is -0.175. The lowest BCUT2D eigenvalue weighted by Gasteiger charge is -2.62. The first kappa shape index (κ1) is 83.5. The minimum Gasteiger partial charge on any atom is -0.390 e. The summed E-state index contributed by atoms with van der Waals surface area (Å²) in [5.41, 5.74) is 2.24. The molecule has 0 aliphatic heterocycles. The number of H-pyrrole nitrogens is 1. The summed E-state index contributed by atoms with van der Waals surface area (Å²) in [6, 6.07) is 5.82. The quantitative estimate of drug-likeness (QED) is 0.0741. The molecule has 6 aromatic rings. The van der Waals surface area contributed by atoms with E-state index in [0.29, 0.717) is 101 Å². The molecule has 4 N–H and O–H groups in total. The maximum absolute atomic E-state index is 13.7. The molecule has 6 heterocycles. The molecule has 19 heteroatoms. The van der Waals surface area contributed by atoms with Gasteiger partial charge in [0.15, 0.2) is 11.6 Å². The smallest absolute Gasteiger partial charge is 0.157 e. The maximum Gasteiger partial charge on any atom is 0.157 e. The molecule has 18 rings (SSSR count). The Kier molecular flexibility index (Phi) is 24.8. The van der Waals surface area contributed by atoms with Gasteiger partial charge in [-0.1, -0.05) is 59.0 Å². The van der Waals surface area contributed by atoms with Gasteiger partial charge in [0, 0.05) is 80.0 Å². The van der Waals surface area contributed by atoms with Gasteiger partial charge in [0.25, 0.3) is 0 Å². The number of Topliss-reactive ketones (excluding diaryl/α,β-unsaturated/α-hetero) is 3. The highest BCUT2D eigenvalue weighted by atomic mass is 79.9. The van der Waals surface area contributed by atoms with Gasteiger partial charge in [-0.15, -0.1) is 0 Å². The van der Waals surface area contributed by atoms with Crippen molar-refractivity contribution < 1.29 is 43.9 Å². The average Bonchev–Trinajstić information content (AvgIpc) is 1.69. The topological polar surface area (TPSA) is 243 Å². The van der Waals surface area contributed by atoms with Gasteiger partial charge in [-0.05, 0) is 316 Å². The first-order chi connectivity index (χ1) is 50.8. The number of fused-ring (bicyclic) bond motifs is 18. The van der Waals surface area contributed by atoms with Crippen molar-refractivity contribution in [2.75, 3.05) is 46.5 Å². The van der Waals surface area contributed by atoms with Crippen molar-refractivity contribution in [3.63, 3.8) is 0 Å². The van der Waals surface area contributed by atoms with Crippen LogP contribution in [0.3, 0.4) is 0 Å². The number of ketones is 3. The summed E-state index contributed by atoms with van der Waals surface area (Å²) in [5.74, 6) is 9.37. The van der Waals surface area contributed by atoms with Crippen LogP contribution >= 0.6 is 15.9 Å². The lowest BCUT2D eigenvalue weighted by Crippen LogP contribution is -2.58. The van der Waals surface area contributed by atoms with Crippen molar-refractivity contribution in [1.82, 2.24) is 44.7 Å². The third kappa shape index (κ3) is 15.0. The number of methoxy groups -OCH3 is 3. The molecule has 0 aromatic carbocycles. The summed E-state index contributed by atoms with van der Waals surface area (Å²) in [4.78, 5) is 52.3. The maximum atomic E-state index is 13.7. The fourth-order valence-corrected chi connectivity index (χ4v) is 28.8. The molecule has 18 nitrogen and oxygen atoms in total. The number of ether oxygens (including phenoxy) is 3. The molecular weight excluding hydrogens is 1430 g/mol. The zero-order valence-corrected chi connectivity index (χ0v) is 66.8. The zero-order chi connectivity index (χ0) is 74.4. The minimum absolute atomic E-state index is 0. The van der Waals surface area contributed by atoms with Gasteiger partial charge in [-0.3, -0.25) is 43.8 Å². The third-order valence-electron chi connectivity index (χ3n) is 33.2. The van der Waals surface area contributed by atoms with Gasteiger partial charge in [-0.2, -0.15) is 15.3 Å². The molecule has 0 spiro atoms. The highest BCUT2D eigenvalue weighted by molar-refractivity contribution is 9.09. The number of rotatable bonds is 14. The van der Waals surface area contributed by atoms with E-state index >= 15 is 0 Å². The fraction of sp³-hybridized carbons (Fsp3) is 0.767. The summed E-state index contributed by atoms with van der Waals surface area (Å²) in [5, 5.41) is 51.9. The van der Waals surface area contributed by atoms with Crippen LogP contribution in [0.1, 0.15) is 237 Å². The van der Waals surface area contributed by atoms with Crippen LogP contribution in [0.2, 0.25) is 0 Å². The number of hydrogen-bond donors (Lipinski definition) is 4. The van der Waals surface area contributed by atoms with Gasteiger partial charge < -0.3 is 29.5 Å². The fourth-order valence-electron chi connectivity index (χ4n) is 28.4. The number of aromatic nitrogens is 9. The van der Waals surface area contributed by atoms with Gasteiger partial charge in [0.1, 0.15) is 17.8 Å². The summed E-state index contributed by atoms with van der Waals surface area (Å²) in [6.45, 7) is 16.6. The second-order valence-electron chi connectivity index (χ2n) is 38.4. The standard InChI is InChI=1S/2C29H41N3O3.C23H37BrO3.C6H5N3.3CH4/c1-27(34)11-12-29(18-35-3)20(14-27)4-5-21-22-6-7-24(28(22,2)10-8-23(21)29)26(33)17-32-16-19-9-13-30-15-25(19)31-32;1-27(34)11-12-29(18-35-3)20(14-27)4-5-21-22-6-7-24(28(22,2)10-8-23(21)29)26(33)17-32-25-16-30-13-9-19(25)15-31-32;1-21(26)10-11-23(14-27-3)15(12-21)4-5-16-17-6-7-19(20(25)13-24)22(17,2)9-8-18(16)23;1-2-7-4-6-5(1)3-8-9-6;;;/h2*9,13,15-16,20-24,34H,4-8,10-12,14,17-18H2,1-3H3;15-19,26H,4-14H2,1-3H3;1-4H,(H,8,9);3*1H4/t2*20-,21+,22+,23+,24-,27-,28+,29-;15-,16+,17+,18+,19-,21-,22+,23-;;;;/m111..../s1. The Balaban J connectivity index is 0.000000143. The number of nitrogens with one attached hydrogen (secondary N) is 1. The van der Waals surface area contributed by atoms with Crippen LogP contribution in [0.15, 0.2) is 74.0 Å². The molecule has 12 aliphatic rings. The summed E-state index contributed by atoms with van der Waals surface area (Å²) >= 11 is 3.43. The Hall–Kier alpha value is -4.89. The zero-order valence-electron chi connectivity index (χ0n) is 65.2. The Morgan fingerprint density at radius 2 is 0.881 bits per heavy atom. The number of carbonyl (C=O) groups excluding carboxylic acids is 3. The molecule has 0 saturated heterocycles. The summed E-state index contributed by atoms with van der Waals surface area (Å²) < 4.78 is 21.3. The monoisotopic (exact) mass is 1570 g/mol. The number of aliphatic hydroxyl groups is 3. The number of pyridine rings is 3. The molecule has 0 unspecified atom stereocenters. The SMILES string of the molecule is C.C.C.COC[C@]12CC[C@@](C)(O)C[C@H]1CC[C@H]1[C@@H]3CC[C@H](C(=O)CBr)[C@@]3(C)CC[C@@H]12.COC[C@]12CC[C@@](C)(O)C[C@H]1CC[C@H]1[C@@H]3CC[C@H](C(=O)Cn4cc5ccncc5n4)[C@@]3(C)CC[C@@H]12.COC[C@]12CC[C@@](C)(O)C[C@H]1CC[C@H]1[C@@H]3CC[C@H](C(=O)Cn4ncc5ccncc54)[C@@]3(C)CC[C@@H]12.c1cc2cn[nH]c2cn1. The van der Waals surface area contributed by atoms with Gasteiger partial charge in [0.05, 0.1) is 90.5 Å². The van der Waals surface area contributed by atoms with Crippen LogP contribution in [0.25, 0.3) is 32.7 Å². The van der Waals surface area contributed by atoms with Crippen LogP contribution in [-0.4, -0.2) is 141 Å². The number of aromatic amines is 1. The van der Waals surface area contributed by atoms with Gasteiger partial charge in [0.2, 0.25) is 0 Å². The van der Waals surface area contributed by atoms with Crippen molar-refractivity contribution in [3.05, 3.63) is 74.0 Å². The van der Waals surface area contributed by atoms with E-state index in [0.717, 1.165) is 148 Å². The predicted octanol–water partition coefficient (Wildman–Crippen LogP) is 17.9. The average molecular weight is 1570 g/mol. The number of hydrogen-bond acceptors (Lipinski definition) is 15. The van der Waals surface area contributed by atoms with Gasteiger partial charge in [-0.25, -0.2) is 0 Å². The Labute approximate surface area is 659 Å². The summed E-state index contributed by atoms with van der Waals surface area (Å²) in [6.07, 6.45) is 46.1. The van der Waals surface area contributed by atoms with Crippen molar-refractivity contribution >= 4 is 66.0 Å². The number of carbonyl (C=O) groups is 3. The molecule has 0 radical (unpaired) electrons. The number of nitrogens with zero attached hydrogens (tertiary/aromatic N) is 8. The number of halogens is 1. The van der Waals surface area contributed by atoms with E-state index in [4.69, 9.17) is 14.2 Å².